The van der Waals surface area contributed by atoms with Crippen molar-refractivity contribution < 1.29 is 19.4 Å². The summed E-state index contributed by atoms with van der Waals surface area (Å²) in [4.78, 5) is 22.3. The number of halogens is 1. The molecule has 0 radical (unpaired) electrons. The van der Waals surface area contributed by atoms with Crippen LogP contribution in [0, 0.1) is 6.92 Å². The molecule has 112 valence electrons. The van der Waals surface area contributed by atoms with Gasteiger partial charge in [-0.15, -0.1) is 0 Å². The van der Waals surface area contributed by atoms with E-state index in [-0.39, 0.29) is 12.5 Å². The number of hydrogen-bond donors (Lipinski definition) is 2. The van der Waals surface area contributed by atoms with Crippen molar-refractivity contribution >= 4 is 33.9 Å². The number of nitrogens with one attached hydrogen (secondary N) is 1. The Morgan fingerprint density at radius 2 is 2.19 bits per heavy atom. The van der Waals surface area contributed by atoms with E-state index in [1.165, 1.54) is 6.08 Å². The molecule has 0 aromatic heterocycles. The third kappa shape index (κ3) is 4.90. The molecule has 0 saturated heterocycles. The lowest BCUT2D eigenvalue weighted by Crippen LogP contribution is -2.30. The van der Waals surface area contributed by atoms with Gasteiger partial charge in [-0.2, -0.15) is 0 Å². The van der Waals surface area contributed by atoms with Crippen LogP contribution in [0.2, 0.25) is 0 Å². The fourth-order valence-electron chi connectivity index (χ4n) is 1.87. The first-order chi connectivity index (χ1) is 9.95. The summed E-state index contributed by atoms with van der Waals surface area (Å²) in [6.45, 7) is 1.77. The summed E-state index contributed by atoms with van der Waals surface area (Å²) in [5.41, 5.74) is 1.44. The van der Waals surface area contributed by atoms with Crippen molar-refractivity contribution in [3.8, 4) is 5.75 Å². The zero-order valence-electron chi connectivity index (χ0n) is 11.6. The van der Waals surface area contributed by atoms with Gasteiger partial charge in [0.1, 0.15) is 5.75 Å². The number of hydrogen-bond acceptors (Lipinski definition) is 3. The monoisotopic (exact) mass is 353 g/mol. The van der Waals surface area contributed by atoms with Crippen LogP contribution in [0.3, 0.4) is 0 Å². The average molecular weight is 354 g/mol. The van der Waals surface area contributed by atoms with Crippen LogP contribution in [-0.4, -0.2) is 29.6 Å². The zero-order chi connectivity index (χ0) is 15.4. The summed E-state index contributed by atoms with van der Waals surface area (Å²) >= 11 is 3.36. The van der Waals surface area contributed by atoms with E-state index < -0.39 is 5.97 Å². The molecular weight excluding hydrogens is 338 g/mol. The molecule has 0 unspecified atom stereocenters. The topological polar surface area (TPSA) is 75.6 Å². The van der Waals surface area contributed by atoms with Gasteiger partial charge in [-0.05, 0) is 43.5 Å². The van der Waals surface area contributed by atoms with Crippen LogP contribution in [0.5, 0.6) is 5.75 Å². The molecule has 5 nitrogen and oxygen atoms in total. The summed E-state index contributed by atoms with van der Waals surface area (Å²) in [5.74, 6) is -0.681. The lowest BCUT2D eigenvalue weighted by molar-refractivity contribution is -0.131. The summed E-state index contributed by atoms with van der Waals surface area (Å²) in [6.07, 6.45) is 4.54. The number of aryl methyl sites for hydroxylation is 1. The van der Waals surface area contributed by atoms with Crippen molar-refractivity contribution in [3.05, 3.63) is 33.8 Å². The molecule has 1 aromatic carbocycles. The van der Waals surface area contributed by atoms with Crippen LogP contribution in [0.15, 0.2) is 22.7 Å². The first-order valence-corrected chi connectivity index (χ1v) is 7.38. The number of carboxylic acids is 1. The molecule has 0 heterocycles. The highest BCUT2D eigenvalue weighted by Gasteiger charge is 2.23. The van der Waals surface area contributed by atoms with Gasteiger partial charge >= 0.3 is 5.97 Å². The second-order valence-corrected chi connectivity index (χ2v) is 5.86. The molecule has 0 aliphatic heterocycles. The largest absolute Gasteiger partial charge is 0.483 e. The Bertz CT molecular complexity index is 594. The predicted octanol–water partition coefficient (Wildman–Crippen LogP) is 2.51. The van der Waals surface area contributed by atoms with Gasteiger partial charge < -0.3 is 15.2 Å². The Hall–Kier alpha value is -1.82. The maximum Gasteiger partial charge on any atom is 0.328 e. The van der Waals surface area contributed by atoms with Crippen LogP contribution < -0.4 is 10.1 Å². The molecule has 2 rings (SSSR count). The lowest BCUT2D eigenvalue weighted by Gasteiger charge is -2.13. The molecule has 6 heteroatoms. The van der Waals surface area contributed by atoms with Crippen LogP contribution >= 0.6 is 15.9 Å². The number of amides is 1. The Balaban J connectivity index is 2.11. The highest BCUT2D eigenvalue weighted by atomic mass is 79.9. The number of carbonyl (C=O) groups excluding carboxylic acids is 1. The van der Waals surface area contributed by atoms with Crippen LogP contribution in [0.1, 0.15) is 24.0 Å². The first kappa shape index (κ1) is 15.6. The van der Waals surface area contributed by atoms with Crippen LogP contribution in [0.25, 0.3) is 6.08 Å². The molecular formula is C15H16BrNO4. The highest BCUT2D eigenvalue weighted by Crippen LogP contribution is 2.29. The Morgan fingerprint density at radius 1 is 1.48 bits per heavy atom. The summed E-state index contributed by atoms with van der Waals surface area (Å²) in [5, 5.41) is 11.6. The number of aliphatic carboxylic acids is 1. The molecule has 1 amide bonds. The molecule has 1 aliphatic rings. The van der Waals surface area contributed by atoms with E-state index >= 15 is 0 Å². The van der Waals surface area contributed by atoms with Gasteiger partial charge in [0.25, 0.3) is 5.91 Å². The van der Waals surface area contributed by atoms with Gasteiger partial charge in [0.05, 0.1) is 0 Å². The fourth-order valence-corrected chi connectivity index (χ4v) is 2.46. The average Bonchev–Trinajstić information content (AvgIpc) is 3.18. The smallest absolute Gasteiger partial charge is 0.328 e. The number of carbonyl (C=O) groups is 2. The maximum atomic E-state index is 11.7. The number of rotatable bonds is 6. The van der Waals surface area contributed by atoms with Gasteiger partial charge in [0.2, 0.25) is 0 Å². The van der Waals surface area contributed by atoms with Gasteiger partial charge in [-0.25, -0.2) is 4.79 Å². The van der Waals surface area contributed by atoms with Gasteiger partial charge in [-0.3, -0.25) is 4.79 Å². The number of benzene rings is 1. The Kier molecular flexibility index (Phi) is 5.01. The molecule has 1 aliphatic carbocycles. The Morgan fingerprint density at radius 3 is 2.81 bits per heavy atom. The SMILES string of the molecule is Cc1cc(Br)cc(/C=C/C(=O)O)c1OCC(=O)NC1CC1. The number of ether oxygens (including phenoxy) is 1. The van der Waals surface area contributed by atoms with E-state index in [1.54, 1.807) is 6.07 Å². The van der Waals surface area contributed by atoms with E-state index in [1.807, 2.05) is 13.0 Å². The van der Waals surface area contributed by atoms with Gasteiger partial charge in [0.15, 0.2) is 6.61 Å². The van der Waals surface area contributed by atoms with Gasteiger partial charge in [0, 0.05) is 22.2 Å². The summed E-state index contributed by atoms with van der Waals surface area (Å²) in [7, 11) is 0. The van der Waals surface area contributed by atoms with Crippen molar-refractivity contribution in [3.63, 3.8) is 0 Å². The Labute approximate surface area is 131 Å². The van der Waals surface area contributed by atoms with E-state index in [9.17, 15) is 9.59 Å². The van der Waals surface area contributed by atoms with E-state index in [2.05, 4.69) is 21.2 Å². The third-order valence-electron chi connectivity index (χ3n) is 2.96. The fraction of sp³-hybridized carbons (Fsp3) is 0.333. The molecule has 0 bridgehead atoms. The number of carboxylic acid groups (broad SMARTS) is 1. The van der Waals surface area contributed by atoms with E-state index in [0.29, 0.717) is 17.4 Å². The second kappa shape index (κ2) is 6.76. The normalized spacial score (nSPS) is 14.2. The third-order valence-corrected chi connectivity index (χ3v) is 3.42. The lowest BCUT2D eigenvalue weighted by atomic mass is 10.1. The van der Waals surface area contributed by atoms with Crippen molar-refractivity contribution in [1.82, 2.24) is 5.32 Å². The molecule has 21 heavy (non-hydrogen) atoms. The molecule has 1 fully saturated rings. The minimum absolute atomic E-state index is 0.0765. The standard InChI is InChI=1S/C15H16BrNO4/c1-9-6-11(16)7-10(2-5-14(19)20)15(9)21-8-13(18)17-12-3-4-12/h2,5-7,12H,3-4,8H2,1H3,(H,17,18)(H,19,20)/b5-2+. The van der Waals surface area contributed by atoms with Crippen molar-refractivity contribution in [2.75, 3.05) is 6.61 Å². The zero-order valence-corrected chi connectivity index (χ0v) is 13.1. The first-order valence-electron chi connectivity index (χ1n) is 6.59. The van der Waals surface area contributed by atoms with Crippen LogP contribution in [0.4, 0.5) is 0 Å². The second-order valence-electron chi connectivity index (χ2n) is 4.94. The summed E-state index contributed by atoms with van der Waals surface area (Å²) < 4.78 is 6.39. The molecule has 1 saturated carbocycles. The molecule has 2 N–H and O–H groups in total. The minimum Gasteiger partial charge on any atom is -0.483 e. The van der Waals surface area contributed by atoms with Crippen molar-refractivity contribution in [2.24, 2.45) is 0 Å². The molecule has 1 aromatic rings. The quantitative estimate of drug-likeness (QED) is 0.770. The summed E-state index contributed by atoms with van der Waals surface area (Å²) in [6, 6.07) is 3.89. The predicted molar refractivity (Wildman–Crippen MR) is 82.2 cm³/mol. The van der Waals surface area contributed by atoms with E-state index in [0.717, 1.165) is 29.0 Å². The van der Waals surface area contributed by atoms with Crippen molar-refractivity contribution in [1.29, 1.82) is 0 Å². The maximum absolute atomic E-state index is 11.7. The van der Waals surface area contributed by atoms with Crippen LogP contribution in [-0.2, 0) is 9.59 Å². The van der Waals surface area contributed by atoms with Gasteiger partial charge in [-0.1, -0.05) is 15.9 Å². The molecule has 0 spiro atoms. The van der Waals surface area contributed by atoms with Crippen molar-refractivity contribution in [2.45, 2.75) is 25.8 Å². The highest BCUT2D eigenvalue weighted by molar-refractivity contribution is 9.10. The minimum atomic E-state index is -1.04. The van der Waals surface area contributed by atoms with E-state index in [4.69, 9.17) is 9.84 Å². The molecule has 0 atom stereocenters.